The lowest BCUT2D eigenvalue weighted by Gasteiger charge is -2.19. The maximum Gasteiger partial charge on any atom is 0.326 e. The maximum atomic E-state index is 12.1. The van der Waals surface area contributed by atoms with E-state index in [9.17, 15) is 14.7 Å². The molecular weight excluding hydrogens is 274 g/mol. The zero-order valence-corrected chi connectivity index (χ0v) is 11.6. The number of hydrogen-bond donors (Lipinski definition) is 2. The number of ether oxygens (including phenoxy) is 1. The average Bonchev–Trinajstić information content (AvgIpc) is 2.87. The number of aliphatic hydroxyl groups is 1. The van der Waals surface area contributed by atoms with E-state index in [1.54, 1.807) is 37.5 Å². The van der Waals surface area contributed by atoms with Crippen LogP contribution in [0.3, 0.4) is 0 Å². The Morgan fingerprint density at radius 2 is 2.19 bits per heavy atom. The van der Waals surface area contributed by atoms with E-state index in [1.165, 1.54) is 11.0 Å². The molecule has 0 bridgehead atoms. The molecule has 0 saturated carbocycles. The Labute approximate surface area is 122 Å². The number of aliphatic hydroxyl groups excluding tert-OH is 1. The van der Waals surface area contributed by atoms with Crippen molar-refractivity contribution in [2.24, 2.45) is 0 Å². The van der Waals surface area contributed by atoms with Crippen LogP contribution >= 0.6 is 0 Å². The van der Waals surface area contributed by atoms with E-state index < -0.39 is 24.0 Å². The molecule has 6 nitrogen and oxygen atoms in total. The van der Waals surface area contributed by atoms with Gasteiger partial charge in [0.2, 0.25) is 5.91 Å². The molecule has 0 aromatic heterocycles. The Morgan fingerprint density at radius 3 is 2.86 bits per heavy atom. The minimum atomic E-state index is -1.10. The quantitative estimate of drug-likeness (QED) is 0.800. The highest BCUT2D eigenvalue weighted by atomic mass is 16.5. The number of carboxylic acid groups (broad SMARTS) is 1. The molecule has 1 unspecified atom stereocenters. The summed E-state index contributed by atoms with van der Waals surface area (Å²) in [7, 11) is 1.55. The summed E-state index contributed by atoms with van der Waals surface area (Å²) in [5.74, 6) is -0.860. The number of benzene rings is 1. The Hall–Kier alpha value is -2.34. The van der Waals surface area contributed by atoms with Crippen LogP contribution in [-0.4, -0.2) is 52.8 Å². The Bertz CT molecular complexity index is 569. The minimum absolute atomic E-state index is 0.0399. The summed E-state index contributed by atoms with van der Waals surface area (Å²) >= 11 is 0. The largest absolute Gasteiger partial charge is 0.497 e. The number of rotatable bonds is 4. The van der Waals surface area contributed by atoms with E-state index in [2.05, 4.69) is 0 Å². The number of carbonyl (C=O) groups is 2. The number of likely N-dealkylation sites (tertiary alicyclic amines) is 1. The molecule has 1 amide bonds. The highest BCUT2D eigenvalue weighted by molar-refractivity contribution is 5.94. The van der Waals surface area contributed by atoms with E-state index in [-0.39, 0.29) is 13.0 Å². The van der Waals surface area contributed by atoms with Crippen molar-refractivity contribution in [2.75, 3.05) is 13.7 Å². The molecule has 1 heterocycles. The van der Waals surface area contributed by atoms with E-state index in [0.29, 0.717) is 5.75 Å². The second-order valence-electron chi connectivity index (χ2n) is 4.84. The Morgan fingerprint density at radius 1 is 1.43 bits per heavy atom. The first-order chi connectivity index (χ1) is 10.0. The third-order valence-electron chi connectivity index (χ3n) is 3.36. The monoisotopic (exact) mass is 291 g/mol. The number of methoxy groups -OCH3 is 1. The second-order valence-corrected chi connectivity index (χ2v) is 4.84. The highest BCUT2D eigenvalue weighted by Gasteiger charge is 2.37. The van der Waals surface area contributed by atoms with Gasteiger partial charge >= 0.3 is 5.97 Å². The standard InChI is InChI=1S/C15H17NO5/c1-21-12-4-2-3-10(7-12)5-6-14(18)16-9-11(17)8-13(16)15(19)20/h2-7,11,13,17H,8-9H2,1H3,(H,19,20)/b6-5+/t11?,13-/m0/s1. The van der Waals surface area contributed by atoms with Crippen molar-refractivity contribution in [3.8, 4) is 5.75 Å². The number of carbonyl (C=O) groups excluding carboxylic acids is 1. The van der Waals surface area contributed by atoms with Gasteiger partial charge in [0.15, 0.2) is 0 Å². The SMILES string of the molecule is COc1cccc(/C=C/C(=O)N2CC(O)C[C@H]2C(=O)O)c1. The number of β-amino-alcohol motifs (C(OH)–C–C–N with tert-alkyl or cyclic N) is 1. The lowest BCUT2D eigenvalue weighted by Crippen LogP contribution is -2.39. The normalized spacial score (nSPS) is 21.7. The molecule has 2 rings (SSSR count). The van der Waals surface area contributed by atoms with Crippen LogP contribution in [-0.2, 0) is 9.59 Å². The molecule has 2 atom stereocenters. The lowest BCUT2D eigenvalue weighted by molar-refractivity contribution is -0.146. The van der Waals surface area contributed by atoms with Crippen molar-refractivity contribution in [1.82, 2.24) is 4.90 Å². The minimum Gasteiger partial charge on any atom is -0.497 e. The molecule has 2 N–H and O–H groups in total. The van der Waals surface area contributed by atoms with Gasteiger partial charge < -0.3 is 19.8 Å². The number of carboxylic acids is 1. The fraction of sp³-hybridized carbons (Fsp3) is 0.333. The number of amides is 1. The predicted octanol–water partition coefficient (Wildman–Crippen LogP) is 0.755. The van der Waals surface area contributed by atoms with Crippen LogP contribution in [0.2, 0.25) is 0 Å². The molecule has 0 spiro atoms. The molecule has 1 aliphatic rings. The zero-order valence-electron chi connectivity index (χ0n) is 11.6. The molecule has 1 saturated heterocycles. The first kappa shape index (κ1) is 15.1. The van der Waals surface area contributed by atoms with Gasteiger partial charge in [-0.1, -0.05) is 12.1 Å². The van der Waals surface area contributed by atoms with Crippen LogP contribution in [0.25, 0.3) is 6.08 Å². The van der Waals surface area contributed by atoms with Crippen LogP contribution in [0.15, 0.2) is 30.3 Å². The average molecular weight is 291 g/mol. The summed E-state index contributed by atoms with van der Waals surface area (Å²) < 4.78 is 5.08. The van der Waals surface area contributed by atoms with Crippen molar-refractivity contribution < 1.29 is 24.5 Å². The molecule has 1 aromatic rings. The summed E-state index contributed by atoms with van der Waals surface area (Å²) in [5, 5.41) is 18.6. The van der Waals surface area contributed by atoms with Gasteiger partial charge in [-0.05, 0) is 23.8 Å². The van der Waals surface area contributed by atoms with Gasteiger partial charge in [-0.2, -0.15) is 0 Å². The second kappa shape index (κ2) is 6.41. The number of hydrogen-bond acceptors (Lipinski definition) is 4. The van der Waals surface area contributed by atoms with Crippen LogP contribution in [0, 0.1) is 0 Å². The van der Waals surface area contributed by atoms with Gasteiger partial charge in [0.25, 0.3) is 0 Å². The highest BCUT2D eigenvalue weighted by Crippen LogP contribution is 2.19. The first-order valence-corrected chi connectivity index (χ1v) is 6.55. The Balaban J connectivity index is 2.09. The molecule has 21 heavy (non-hydrogen) atoms. The van der Waals surface area contributed by atoms with Crippen molar-refractivity contribution in [2.45, 2.75) is 18.6 Å². The number of aliphatic carboxylic acids is 1. The van der Waals surface area contributed by atoms with Crippen molar-refractivity contribution in [3.63, 3.8) is 0 Å². The van der Waals surface area contributed by atoms with Gasteiger partial charge in [0.05, 0.1) is 13.2 Å². The van der Waals surface area contributed by atoms with Crippen LogP contribution in [0.1, 0.15) is 12.0 Å². The zero-order chi connectivity index (χ0) is 15.4. The molecule has 1 fully saturated rings. The van der Waals surface area contributed by atoms with Crippen molar-refractivity contribution in [1.29, 1.82) is 0 Å². The van der Waals surface area contributed by atoms with Gasteiger partial charge in [0, 0.05) is 19.0 Å². The number of nitrogens with zero attached hydrogens (tertiary/aromatic N) is 1. The summed E-state index contributed by atoms with van der Waals surface area (Å²) in [5.41, 5.74) is 0.773. The first-order valence-electron chi connectivity index (χ1n) is 6.55. The van der Waals surface area contributed by atoms with E-state index >= 15 is 0 Å². The van der Waals surface area contributed by atoms with E-state index in [0.717, 1.165) is 5.56 Å². The van der Waals surface area contributed by atoms with E-state index in [4.69, 9.17) is 9.84 Å². The molecule has 0 radical (unpaired) electrons. The van der Waals surface area contributed by atoms with Gasteiger partial charge in [-0.15, -0.1) is 0 Å². The van der Waals surface area contributed by atoms with Gasteiger partial charge in [0.1, 0.15) is 11.8 Å². The lowest BCUT2D eigenvalue weighted by atomic mass is 10.2. The molecular formula is C15H17NO5. The smallest absolute Gasteiger partial charge is 0.326 e. The van der Waals surface area contributed by atoms with Gasteiger partial charge in [-0.25, -0.2) is 4.79 Å². The maximum absolute atomic E-state index is 12.1. The third kappa shape index (κ3) is 3.61. The summed E-state index contributed by atoms with van der Waals surface area (Å²) in [6, 6.07) is 6.18. The third-order valence-corrected chi connectivity index (χ3v) is 3.36. The summed E-state index contributed by atoms with van der Waals surface area (Å²) in [6.45, 7) is 0.0399. The topological polar surface area (TPSA) is 87.1 Å². The van der Waals surface area contributed by atoms with Crippen LogP contribution in [0.4, 0.5) is 0 Å². The fourth-order valence-electron chi connectivity index (χ4n) is 2.30. The van der Waals surface area contributed by atoms with Crippen LogP contribution in [0.5, 0.6) is 5.75 Å². The van der Waals surface area contributed by atoms with Gasteiger partial charge in [-0.3, -0.25) is 4.79 Å². The predicted molar refractivity (Wildman–Crippen MR) is 75.8 cm³/mol. The van der Waals surface area contributed by atoms with Crippen LogP contribution < -0.4 is 4.74 Å². The Kier molecular flexibility index (Phi) is 4.59. The summed E-state index contributed by atoms with van der Waals surface area (Å²) in [6.07, 6.45) is 2.17. The molecule has 112 valence electrons. The fourth-order valence-corrected chi connectivity index (χ4v) is 2.30. The van der Waals surface area contributed by atoms with Crippen molar-refractivity contribution in [3.05, 3.63) is 35.9 Å². The molecule has 1 aliphatic heterocycles. The van der Waals surface area contributed by atoms with E-state index in [1.807, 2.05) is 0 Å². The molecule has 6 heteroatoms. The van der Waals surface area contributed by atoms with Crippen molar-refractivity contribution >= 4 is 18.0 Å². The summed E-state index contributed by atoms with van der Waals surface area (Å²) in [4.78, 5) is 24.3. The molecule has 0 aliphatic carbocycles. The molecule has 1 aromatic carbocycles.